The van der Waals surface area contributed by atoms with Crippen molar-refractivity contribution in [1.82, 2.24) is 15.5 Å². The molecule has 0 aliphatic carbocycles. The zero-order chi connectivity index (χ0) is 18.5. The normalized spacial score (nSPS) is 10.8. The Morgan fingerprint density at radius 3 is 2.62 bits per heavy atom. The van der Waals surface area contributed by atoms with Gasteiger partial charge in [-0.1, -0.05) is 54.9 Å². The SMILES string of the molecule is Cc1cccc(-c2noc(CNC(=S)Nc3ccc(C(C)C)cc3)n2)c1. The molecule has 0 spiro atoms. The summed E-state index contributed by atoms with van der Waals surface area (Å²) in [5.74, 6) is 1.57. The lowest BCUT2D eigenvalue weighted by Gasteiger charge is -2.10. The first-order chi connectivity index (χ1) is 12.5. The molecule has 0 bridgehead atoms. The molecule has 134 valence electrons. The van der Waals surface area contributed by atoms with Gasteiger partial charge in [-0.15, -0.1) is 0 Å². The lowest BCUT2D eigenvalue weighted by molar-refractivity contribution is 0.376. The number of aryl methyl sites for hydroxylation is 1. The molecule has 3 aromatic rings. The second-order valence-electron chi connectivity index (χ2n) is 6.47. The van der Waals surface area contributed by atoms with Gasteiger partial charge in [-0.3, -0.25) is 0 Å². The van der Waals surface area contributed by atoms with E-state index in [2.05, 4.69) is 46.8 Å². The van der Waals surface area contributed by atoms with Crippen molar-refractivity contribution in [2.24, 2.45) is 0 Å². The van der Waals surface area contributed by atoms with Crippen LogP contribution in [0.4, 0.5) is 5.69 Å². The van der Waals surface area contributed by atoms with Gasteiger partial charge in [-0.2, -0.15) is 4.98 Å². The van der Waals surface area contributed by atoms with Crippen LogP contribution in [0.1, 0.15) is 36.8 Å². The van der Waals surface area contributed by atoms with Crippen LogP contribution < -0.4 is 10.6 Å². The van der Waals surface area contributed by atoms with Gasteiger partial charge in [-0.25, -0.2) is 0 Å². The van der Waals surface area contributed by atoms with Crippen LogP contribution in [0, 0.1) is 6.92 Å². The fraction of sp³-hybridized carbons (Fsp3) is 0.250. The van der Waals surface area contributed by atoms with Crippen LogP contribution in [-0.4, -0.2) is 15.3 Å². The second-order valence-corrected chi connectivity index (χ2v) is 6.87. The molecule has 3 rings (SSSR count). The van der Waals surface area contributed by atoms with Crippen LogP contribution in [0.3, 0.4) is 0 Å². The van der Waals surface area contributed by atoms with E-state index < -0.39 is 0 Å². The number of hydrogen-bond acceptors (Lipinski definition) is 4. The van der Waals surface area contributed by atoms with E-state index in [1.165, 1.54) is 5.56 Å². The number of anilines is 1. The number of aromatic nitrogens is 2. The van der Waals surface area contributed by atoms with Crippen molar-refractivity contribution < 1.29 is 4.52 Å². The summed E-state index contributed by atoms with van der Waals surface area (Å²) >= 11 is 5.32. The Bertz CT molecular complexity index is 887. The minimum atomic E-state index is 0.370. The molecule has 0 amide bonds. The number of nitrogens with zero attached hydrogens (tertiary/aromatic N) is 2. The van der Waals surface area contributed by atoms with Gasteiger partial charge in [0, 0.05) is 11.3 Å². The van der Waals surface area contributed by atoms with Gasteiger partial charge in [0.15, 0.2) is 5.11 Å². The second kappa shape index (κ2) is 8.10. The quantitative estimate of drug-likeness (QED) is 0.641. The Morgan fingerprint density at radius 1 is 1.15 bits per heavy atom. The molecule has 0 aliphatic heterocycles. The first-order valence-corrected chi connectivity index (χ1v) is 8.96. The molecule has 1 aromatic heterocycles. The molecule has 0 radical (unpaired) electrons. The third-order valence-corrected chi connectivity index (χ3v) is 4.23. The Kier molecular flexibility index (Phi) is 5.63. The Hall–Kier alpha value is -2.73. The van der Waals surface area contributed by atoms with Crippen LogP contribution in [0.25, 0.3) is 11.4 Å². The van der Waals surface area contributed by atoms with Crippen molar-refractivity contribution >= 4 is 23.0 Å². The minimum Gasteiger partial charge on any atom is -0.353 e. The molecule has 0 saturated heterocycles. The van der Waals surface area contributed by atoms with Crippen molar-refractivity contribution in [3.8, 4) is 11.4 Å². The van der Waals surface area contributed by atoms with Crippen LogP contribution in [0.2, 0.25) is 0 Å². The predicted molar refractivity (Wildman–Crippen MR) is 108 cm³/mol. The zero-order valence-corrected chi connectivity index (χ0v) is 15.9. The maximum Gasteiger partial charge on any atom is 0.246 e. The van der Waals surface area contributed by atoms with Gasteiger partial charge in [0.25, 0.3) is 0 Å². The minimum absolute atomic E-state index is 0.370. The van der Waals surface area contributed by atoms with E-state index in [1.807, 2.05) is 43.3 Å². The molecule has 2 aromatic carbocycles. The highest BCUT2D eigenvalue weighted by molar-refractivity contribution is 7.80. The van der Waals surface area contributed by atoms with E-state index in [1.54, 1.807) is 0 Å². The van der Waals surface area contributed by atoms with Crippen molar-refractivity contribution in [3.63, 3.8) is 0 Å². The summed E-state index contributed by atoms with van der Waals surface area (Å²) in [6.07, 6.45) is 0. The predicted octanol–water partition coefficient (Wildman–Crippen LogP) is 4.66. The summed E-state index contributed by atoms with van der Waals surface area (Å²) in [7, 11) is 0. The smallest absolute Gasteiger partial charge is 0.246 e. The first kappa shape index (κ1) is 18.1. The fourth-order valence-corrected chi connectivity index (χ4v) is 2.70. The lowest BCUT2D eigenvalue weighted by Crippen LogP contribution is -2.28. The van der Waals surface area contributed by atoms with E-state index >= 15 is 0 Å². The van der Waals surface area contributed by atoms with Crippen molar-refractivity contribution in [2.75, 3.05) is 5.32 Å². The molecule has 0 fully saturated rings. The monoisotopic (exact) mass is 366 g/mol. The Balaban J connectivity index is 1.55. The zero-order valence-electron chi connectivity index (χ0n) is 15.1. The Morgan fingerprint density at radius 2 is 1.92 bits per heavy atom. The highest BCUT2D eigenvalue weighted by Crippen LogP contribution is 2.18. The molecule has 0 unspecified atom stereocenters. The van der Waals surface area contributed by atoms with E-state index in [0.717, 1.165) is 16.8 Å². The van der Waals surface area contributed by atoms with Gasteiger partial charge in [0.05, 0.1) is 6.54 Å². The molecule has 2 N–H and O–H groups in total. The van der Waals surface area contributed by atoms with Crippen LogP contribution in [0.15, 0.2) is 53.1 Å². The standard InChI is InChI=1S/C20H22N4OS/c1-13(2)15-7-9-17(10-8-15)22-20(26)21-12-18-23-19(24-25-18)16-6-4-5-14(3)11-16/h4-11,13H,12H2,1-3H3,(H2,21,22,26). The largest absolute Gasteiger partial charge is 0.353 e. The summed E-state index contributed by atoms with van der Waals surface area (Å²) < 4.78 is 5.29. The van der Waals surface area contributed by atoms with Crippen molar-refractivity contribution in [3.05, 3.63) is 65.5 Å². The molecule has 0 aliphatic rings. The highest BCUT2D eigenvalue weighted by atomic mass is 32.1. The molecule has 0 saturated carbocycles. The average Bonchev–Trinajstić information content (AvgIpc) is 3.09. The fourth-order valence-electron chi connectivity index (χ4n) is 2.51. The molecule has 0 atom stereocenters. The summed E-state index contributed by atoms with van der Waals surface area (Å²) in [6.45, 7) is 6.74. The summed E-state index contributed by atoms with van der Waals surface area (Å²) in [5.41, 5.74) is 4.33. The van der Waals surface area contributed by atoms with Crippen LogP contribution in [-0.2, 0) is 6.54 Å². The lowest BCUT2D eigenvalue weighted by atomic mass is 10.0. The summed E-state index contributed by atoms with van der Waals surface area (Å²) in [4.78, 5) is 4.40. The molecular weight excluding hydrogens is 344 g/mol. The maximum atomic E-state index is 5.32. The van der Waals surface area contributed by atoms with Crippen LogP contribution >= 0.6 is 12.2 Å². The number of rotatable bonds is 5. The Labute approximate surface area is 158 Å². The van der Waals surface area contributed by atoms with E-state index in [-0.39, 0.29) is 0 Å². The summed E-state index contributed by atoms with van der Waals surface area (Å²) in [5, 5.41) is 10.8. The summed E-state index contributed by atoms with van der Waals surface area (Å²) in [6, 6.07) is 16.2. The highest BCUT2D eigenvalue weighted by Gasteiger charge is 2.09. The molecule has 6 heteroatoms. The van der Waals surface area contributed by atoms with Gasteiger partial charge in [0.2, 0.25) is 11.7 Å². The first-order valence-electron chi connectivity index (χ1n) is 8.55. The van der Waals surface area contributed by atoms with Crippen molar-refractivity contribution in [1.29, 1.82) is 0 Å². The topological polar surface area (TPSA) is 63.0 Å². The van der Waals surface area contributed by atoms with Gasteiger partial charge in [0.1, 0.15) is 0 Å². The van der Waals surface area contributed by atoms with E-state index in [9.17, 15) is 0 Å². The molecule has 26 heavy (non-hydrogen) atoms. The van der Waals surface area contributed by atoms with Crippen LogP contribution in [0.5, 0.6) is 0 Å². The third kappa shape index (κ3) is 4.67. The average molecular weight is 366 g/mol. The maximum absolute atomic E-state index is 5.32. The van der Waals surface area contributed by atoms with Gasteiger partial charge < -0.3 is 15.2 Å². The number of hydrogen-bond donors (Lipinski definition) is 2. The molecule has 5 nitrogen and oxygen atoms in total. The number of nitrogens with one attached hydrogen (secondary N) is 2. The van der Waals surface area contributed by atoms with Gasteiger partial charge >= 0.3 is 0 Å². The molecule has 1 heterocycles. The van der Waals surface area contributed by atoms with E-state index in [0.29, 0.717) is 29.3 Å². The van der Waals surface area contributed by atoms with Gasteiger partial charge in [-0.05, 0) is 48.8 Å². The molecular formula is C20H22N4OS. The third-order valence-electron chi connectivity index (χ3n) is 3.98. The number of thiocarbonyl (C=S) groups is 1. The van der Waals surface area contributed by atoms with E-state index in [4.69, 9.17) is 16.7 Å². The van der Waals surface area contributed by atoms with Crippen molar-refractivity contribution in [2.45, 2.75) is 33.2 Å². The number of benzene rings is 2.